The lowest BCUT2D eigenvalue weighted by Gasteiger charge is -2.55. The molecule has 4 fully saturated rings. The number of carboxylic acids is 1. The van der Waals surface area contributed by atoms with Crippen LogP contribution in [0.25, 0.3) is 0 Å². The fourth-order valence-electron chi connectivity index (χ4n) is 5.66. The van der Waals surface area contributed by atoms with Crippen molar-refractivity contribution in [2.24, 2.45) is 29.1 Å². The van der Waals surface area contributed by atoms with Crippen LogP contribution in [0.4, 0.5) is 0 Å². The molecule has 0 saturated heterocycles. The van der Waals surface area contributed by atoms with Crippen LogP contribution in [-0.2, 0) is 19.1 Å². The SMILES string of the molecule is CCOC(=O)[C@H](C)C[C@H](NC(=O)C12CC3CC(CC(C3)C1)C2)C(=O)O. The number of rotatable bonds is 7. The molecular formula is C19H29NO5. The second-order valence-corrected chi connectivity index (χ2v) is 8.45. The van der Waals surface area contributed by atoms with Gasteiger partial charge in [-0.3, -0.25) is 9.59 Å². The van der Waals surface area contributed by atoms with Gasteiger partial charge in [0.05, 0.1) is 12.5 Å². The van der Waals surface area contributed by atoms with Crippen LogP contribution in [0.15, 0.2) is 0 Å². The van der Waals surface area contributed by atoms with Gasteiger partial charge in [-0.1, -0.05) is 6.92 Å². The van der Waals surface area contributed by atoms with Crippen molar-refractivity contribution in [1.82, 2.24) is 5.32 Å². The lowest BCUT2D eigenvalue weighted by Crippen LogP contribution is -2.56. The standard InChI is InChI=1S/C19H29NO5/c1-3-25-17(23)11(2)4-15(16(21)22)20-18(24)19-8-12-5-13(9-19)7-14(6-12)10-19/h11-15H,3-10H2,1-2H3,(H,20,24)(H,21,22)/t11-,12?,13?,14?,15+,19?/m1/s1. The van der Waals surface area contributed by atoms with Crippen molar-refractivity contribution in [1.29, 1.82) is 0 Å². The Balaban J connectivity index is 1.65. The van der Waals surface area contributed by atoms with Crippen molar-refractivity contribution in [3.05, 3.63) is 0 Å². The normalized spacial score (nSPS) is 35.0. The number of amides is 1. The van der Waals surface area contributed by atoms with E-state index in [0.717, 1.165) is 19.3 Å². The molecule has 0 aromatic rings. The Bertz CT molecular complexity index is 523. The number of hydrogen-bond acceptors (Lipinski definition) is 4. The van der Waals surface area contributed by atoms with Gasteiger partial charge in [0.2, 0.25) is 5.91 Å². The lowest BCUT2D eigenvalue weighted by atomic mass is 9.49. The van der Waals surface area contributed by atoms with Gasteiger partial charge in [-0.25, -0.2) is 4.79 Å². The molecule has 2 atom stereocenters. The Hall–Kier alpha value is -1.59. The first-order valence-corrected chi connectivity index (χ1v) is 9.53. The third kappa shape index (κ3) is 3.67. The quantitative estimate of drug-likeness (QED) is 0.687. The Labute approximate surface area is 148 Å². The van der Waals surface area contributed by atoms with Gasteiger partial charge >= 0.3 is 11.9 Å². The molecular weight excluding hydrogens is 322 g/mol. The maximum absolute atomic E-state index is 13.0. The van der Waals surface area contributed by atoms with Gasteiger partial charge in [-0.05, 0) is 69.6 Å². The highest BCUT2D eigenvalue weighted by Gasteiger charge is 2.55. The van der Waals surface area contributed by atoms with Crippen LogP contribution in [0.2, 0.25) is 0 Å². The average molecular weight is 351 g/mol. The monoisotopic (exact) mass is 351 g/mol. The highest BCUT2D eigenvalue weighted by atomic mass is 16.5. The molecule has 6 heteroatoms. The van der Waals surface area contributed by atoms with Crippen molar-refractivity contribution in [3.63, 3.8) is 0 Å². The number of carbonyl (C=O) groups is 3. The fraction of sp³-hybridized carbons (Fsp3) is 0.842. The molecule has 1 amide bonds. The van der Waals surface area contributed by atoms with E-state index in [9.17, 15) is 19.5 Å². The minimum absolute atomic E-state index is 0.0618. The summed E-state index contributed by atoms with van der Waals surface area (Å²) in [6, 6.07) is -1.04. The number of ether oxygens (including phenoxy) is 1. The van der Waals surface area contributed by atoms with E-state index in [1.165, 1.54) is 19.3 Å². The minimum Gasteiger partial charge on any atom is -0.480 e. The predicted octanol–water partition coefficient (Wildman–Crippen LogP) is 2.36. The van der Waals surface area contributed by atoms with Gasteiger partial charge in [0.1, 0.15) is 6.04 Å². The molecule has 6 nitrogen and oxygen atoms in total. The van der Waals surface area contributed by atoms with Crippen LogP contribution in [0.5, 0.6) is 0 Å². The van der Waals surface area contributed by atoms with Crippen LogP contribution in [0.1, 0.15) is 58.8 Å². The van der Waals surface area contributed by atoms with E-state index in [0.29, 0.717) is 17.8 Å². The summed E-state index contributed by atoms with van der Waals surface area (Å²) in [4.78, 5) is 36.4. The molecule has 0 radical (unpaired) electrons. The molecule has 4 aliphatic carbocycles. The fourth-order valence-corrected chi connectivity index (χ4v) is 5.66. The Morgan fingerprint density at radius 1 is 1.12 bits per heavy atom. The molecule has 0 aliphatic heterocycles. The molecule has 4 bridgehead atoms. The number of aliphatic carboxylic acids is 1. The lowest BCUT2D eigenvalue weighted by molar-refractivity contribution is -0.153. The second-order valence-electron chi connectivity index (χ2n) is 8.45. The topological polar surface area (TPSA) is 92.7 Å². The van der Waals surface area contributed by atoms with E-state index in [1.54, 1.807) is 13.8 Å². The first-order chi connectivity index (χ1) is 11.8. The Kier molecular flexibility index (Phi) is 5.07. The Morgan fingerprint density at radius 3 is 2.08 bits per heavy atom. The van der Waals surface area contributed by atoms with Crippen molar-refractivity contribution < 1.29 is 24.2 Å². The first-order valence-electron chi connectivity index (χ1n) is 9.53. The van der Waals surface area contributed by atoms with Gasteiger partial charge in [0.15, 0.2) is 0 Å². The van der Waals surface area contributed by atoms with E-state index in [-0.39, 0.29) is 24.3 Å². The maximum Gasteiger partial charge on any atom is 0.326 e. The molecule has 0 aromatic heterocycles. The summed E-state index contributed by atoms with van der Waals surface area (Å²) in [5.41, 5.74) is -0.379. The number of carboxylic acid groups (broad SMARTS) is 1. The van der Waals surface area contributed by atoms with Gasteiger partial charge < -0.3 is 15.2 Å². The molecule has 0 spiro atoms. The zero-order chi connectivity index (χ0) is 18.2. The van der Waals surface area contributed by atoms with E-state index in [2.05, 4.69) is 5.32 Å². The number of carbonyl (C=O) groups excluding carboxylic acids is 2. The highest BCUT2D eigenvalue weighted by Crippen LogP contribution is 2.60. The smallest absolute Gasteiger partial charge is 0.326 e. The summed E-state index contributed by atoms with van der Waals surface area (Å²) in [5, 5.41) is 12.3. The first kappa shape index (κ1) is 18.2. The van der Waals surface area contributed by atoms with Crippen molar-refractivity contribution in [2.75, 3.05) is 6.61 Å². The molecule has 4 saturated carbocycles. The van der Waals surface area contributed by atoms with Crippen molar-refractivity contribution >= 4 is 17.8 Å². The van der Waals surface area contributed by atoms with E-state index < -0.39 is 23.9 Å². The summed E-state index contributed by atoms with van der Waals surface area (Å²) in [5.74, 6) is -0.309. The molecule has 4 aliphatic rings. The van der Waals surface area contributed by atoms with Crippen LogP contribution in [-0.4, -0.2) is 35.6 Å². The third-order valence-corrected chi connectivity index (χ3v) is 6.40. The number of nitrogens with one attached hydrogen (secondary N) is 1. The van der Waals surface area contributed by atoms with Crippen LogP contribution in [0.3, 0.4) is 0 Å². The van der Waals surface area contributed by atoms with Crippen LogP contribution >= 0.6 is 0 Å². The van der Waals surface area contributed by atoms with E-state index >= 15 is 0 Å². The highest BCUT2D eigenvalue weighted by molar-refractivity contribution is 5.88. The van der Waals surface area contributed by atoms with E-state index in [1.807, 2.05) is 0 Å². The third-order valence-electron chi connectivity index (χ3n) is 6.40. The number of esters is 1. The molecule has 0 heterocycles. The number of hydrogen-bond donors (Lipinski definition) is 2. The molecule has 0 unspecified atom stereocenters. The zero-order valence-corrected chi connectivity index (χ0v) is 15.1. The van der Waals surface area contributed by atoms with Gasteiger partial charge in [-0.15, -0.1) is 0 Å². The average Bonchev–Trinajstić information content (AvgIpc) is 2.52. The van der Waals surface area contributed by atoms with Crippen molar-refractivity contribution in [3.8, 4) is 0 Å². The molecule has 25 heavy (non-hydrogen) atoms. The zero-order valence-electron chi connectivity index (χ0n) is 15.1. The van der Waals surface area contributed by atoms with Gasteiger partial charge in [0.25, 0.3) is 0 Å². The Morgan fingerprint density at radius 2 is 1.64 bits per heavy atom. The maximum atomic E-state index is 13.0. The summed E-state index contributed by atoms with van der Waals surface area (Å²) in [6.07, 6.45) is 6.43. The molecule has 140 valence electrons. The van der Waals surface area contributed by atoms with Gasteiger partial charge in [0, 0.05) is 5.41 Å². The van der Waals surface area contributed by atoms with Crippen LogP contribution < -0.4 is 5.32 Å². The minimum atomic E-state index is -1.09. The molecule has 4 rings (SSSR count). The summed E-state index contributed by atoms with van der Waals surface area (Å²) >= 11 is 0. The van der Waals surface area contributed by atoms with Crippen molar-refractivity contribution in [2.45, 2.75) is 64.8 Å². The van der Waals surface area contributed by atoms with Crippen LogP contribution in [0, 0.1) is 29.1 Å². The second kappa shape index (κ2) is 6.96. The molecule has 2 N–H and O–H groups in total. The summed E-state index contributed by atoms with van der Waals surface area (Å²) in [6.45, 7) is 3.62. The predicted molar refractivity (Wildman–Crippen MR) is 90.6 cm³/mol. The molecule has 0 aromatic carbocycles. The van der Waals surface area contributed by atoms with Gasteiger partial charge in [-0.2, -0.15) is 0 Å². The summed E-state index contributed by atoms with van der Waals surface area (Å²) < 4.78 is 4.95. The largest absolute Gasteiger partial charge is 0.480 e. The summed E-state index contributed by atoms with van der Waals surface area (Å²) in [7, 11) is 0. The van der Waals surface area contributed by atoms with E-state index in [4.69, 9.17) is 4.74 Å².